The van der Waals surface area contributed by atoms with Crippen LogP contribution in [-0.2, 0) is 14.8 Å². The van der Waals surface area contributed by atoms with E-state index in [4.69, 9.17) is 9.88 Å². The number of piperazine rings is 1. The molecule has 1 amide bonds. The number of nitro groups is 1. The largest absolute Gasteiger partial charge is 0.444 e. The Morgan fingerprint density at radius 2 is 1.88 bits per heavy atom. The van der Waals surface area contributed by atoms with Gasteiger partial charge in [-0.1, -0.05) is 6.08 Å². The van der Waals surface area contributed by atoms with Crippen LogP contribution in [0.1, 0.15) is 27.2 Å². The van der Waals surface area contributed by atoms with E-state index in [2.05, 4.69) is 0 Å². The van der Waals surface area contributed by atoms with Gasteiger partial charge in [0.15, 0.2) is 0 Å². The molecule has 1 aliphatic carbocycles. The third-order valence-electron chi connectivity index (χ3n) is 4.24. The van der Waals surface area contributed by atoms with Gasteiger partial charge in [-0.2, -0.15) is 0 Å². The molecule has 0 bridgehead atoms. The molecule has 0 saturated carbocycles. The van der Waals surface area contributed by atoms with Crippen molar-refractivity contribution in [2.24, 2.45) is 5.14 Å². The summed E-state index contributed by atoms with van der Waals surface area (Å²) < 4.78 is 28.1. The molecule has 1 atom stereocenters. The number of ether oxygens (including phenoxy) is 1. The van der Waals surface area contributed by atoms with Crippen molar-refractivity contribution < 1.29 is 22.9 Å². The lowest BCUT2D eigenvalue weighted by atomic mass is 9.98. The fourth-order valence-corrected chi connectivity index (χ4v) is 3.47. The van der Waals surface area contributed by atoms with Crippen molar-refractivity contribution >= 4 is 16.1 Å². The van der Waals surface area contributed by atoms with Crippen LogP contribution in [0.3, 0.4) is 0 Å². The van der Waals surface area contributed by atoms with E-state index in [1.54, 1.807) is 25.7 Å². The topological polar surface area (TPSA) is 136 Å². The van der Waals surface area contributed by atoms with Crippen LogP contribution in [-0.4, -0.2) is 66.7 Å². The summed E-state index contributed by atoms with van der Waals surface area (Å²) in [6.45, 7) is 6.40. The Kier molecular flexibility index (Phi) is 5.45. The fraction of sp³-hybridized carbons (Fsp3) is 0.667. The number of hydrogen-bond acceptors (Lipinski definition) is 7. The number of allylic oxidation sites excluding steroid dienone is 1. The van der Waals surface area contributed by atoms with Crippen molar-refractivity contribution in [1.29, 1.82) is 0 Å². The van der Waals surface area contributed by atoms with Crippen LogP contribution >= 0.6 is 0 Å². The van der Waals surface area contributed by atoms with Crippen molar-refractivity contribution in [1.82, 2.24) is 9.80 Å². The molecule has 2 rings (SSSR count). The number of primary sulfonamides is 1. The van der Waals surface area contributed by atoms with E-state index >= 15 is 0 Å². The molecule has 2 aliphatic rings. The molecule has 0 spiro atoms. The molecule has 0 aromatic heterocycles. The SMILES string of the molecule is CC(C)(C)OC(=O)N1CCN(C2([N+](=O)[O-])C=CC(S(N)(=O)=O)=CC2)CC1. The molecule has 1 heterocycles. The molecule has 1 saturated heterocycles. The van der Waals surface area contributed by atoms with E-state index in [1.807, 2.05) is 0 Å². The van der Waals surface area contributed by atoms with E-state index in [1.165, 1.54) is 23.1 Å². The average Bonchev–Trinajstić information content (AvgIpc) is 2.52. The summed E-state index contributed by atoms with van der Waals surface area (Å²) in [6.07, 6.45) is 3.12. The Hall–Kier alpha value is -1.98. The second-order valence-corrected chi connectivity index (χ2v) is 8.84. The number of amides is 1. The summed E-state index contributed by atoms with van der Waals surface area (Å²) in [5.74, 6) is 0. The quantitative estimate of drug-likeness (QED) is 0.553. The molecule has 2 N–H and O–H groups in total. The van der Waals surface area contributed by atoms with Crippen LogP contribution in [0.25, 0.3) is 0 Å². The molecule has 10 nitrogen and oxygen atoms in total. The number of sulfonamides is 1. The van der Waals surface area contributed by atoms with E-state index < -0.39 is 32.3 Å². The van der Waals surface area contributed by atoms with Gasteiger partial charge in [0, 0.05) is 37.2 Å². The summed E-state index contributed by atoms with van der Waals surface area (Å²) in [5.41, 5.74) is -2.16. The molecule has 26 heavy (non-hydrogen) atoms. The zero-order valence-electron chi connectivity index (χ0n) is 15.0. The highest BCUT2D eigenvalue weighted by atomic mass is 32.2. The number of carbonyl (C=O) groups is 1. The van der Waals surface area contributed by atoms with Gasteiger partial charge in [0.25, 0.3) is 5.66 Å². The van der Waals surface area contributed by atoms with Gasteiger partial charge in [-0.25, -0.2) is 23.3 Å². The van der Waals surface area contributed by atoms with Crippen LogP contribution in [0.5, 0.6) is 0 Å². The van der Waals surface area contributed by atoms with Crippen LogP contribution in [0.2, 0.25) is 0 Å². The van der Waals surface area contributed by atoms with Crippen molar-refractivity contribution in [2.75, 3.05) is 26.2 Å². The second-order valence-electron chi connectivity index (χ2n) is 7.28. The van der Waals surface area contributed by atoms with Crippen molar-refractivity contribution in [3.63, 3.8) is 0 Å². The lowest BCUT2D eigenvalue weighted by Crippen LogP contribution is -2.61. The van der Waals surface area contributed by atoms with Gasteiger partial charge < -0.3 is 9.64 Å². The summed E-state index contributed by atoms with van der Waals surface area (Å²) in [6, 6.07) is 0. The highest BCUT2D eigenvalue weighted by molar-refractivity contribution is 7.93. The Morgan fingerprint density at radius 3 is 2.27 bits per heavy atom. The van der Waals surface area contributed by atoms with Crippen LogP contribution in [0, 0.1) is 10.1 Å². The van der Waals surface area contributed by atoms with E-state index in [0.29, 0.717) is 0 Å². The number of carbonyl (C=O) groups excluding carboxylic acids is 1. The smallest absolute Gasteiger partial charge is 0.410 e. The first-order chi connectivity index (χ1) is 11.8. The molecule has 0 aromatic carbocycles. The first-order valence-electron chi connectivity index (χ1n) is 8.15. The zero-order chi connectivity index (χ0) is 19.8. The van der Waals surface area contributed by atoms with E-state index in [9.17, 15) is 23.3 Å². The lowest BCUT2D eigenvalue weighted by molar-refractivity contribution is -0.586. The summed E-state index contributed by atoms with van der Waals surface area (Å²) in [5, 5.41) is 16.8. The van der Waals surface area contributed by atoms with Crippen LogP contribution in [0.15, 0.2) is 23.1 Å². The van der Waals surface area contributed by atoms with Gasteiger partial charge in [-0.15, -0.1) is 0 Å². The average molecular weight is 388 g/mol. The Balaban J connectivity index is 2.09. The minimum atomic E-state index is -3.91. The van der Waals surface area contributed by atoms with Gasteiger partial charge in [0.1, 0.15) is 5.60 Å². The fourth-order valence-electron chi connectivity index (χ4n) is 2.90. The first-order valence-corrected chi connectivity index (χ1v) is 9.69. The number of nitrogens with zero attached hydrogens (tertiary/aromatic N) is 3. The third kappa shape index (κ3) is 4.40. The molecule has 0 aromatic rings. The van der Waals surface area contributed by atoms with Gasteiger partial charge >= 0.3 is 6.09 Å². The third-order valence-corrected chi connectivity index (χ3v) is 5.20. The zero-order valence-corrected chi connectivity index (χ0v) is 15.9. The van der Waals surface area contributed by atoms with Crippen LogP contribution in [0.4, 0.5) is 4.79 Å². The maximum Gasteiger partial charge on any atom is 0.410 e. The maximum atomic E-state index is 12.1. The van der Waals surface area contributed by atoms with Gasteiger partial charge in [-0.05, 0) is 26.8 Å². The van der Waals surface area contributed by atoms with Crippen molar-refractivity contribution in [3.8, 4) is 0 Å². The Bertz CT molecular complexity index is 747. The number of nitrogens with two attached hydrogens (primary N) is 1. The summed E-state index contributed by atoms with van der Waals surface area (Å²) >= 11 is 0. The molecule has 1 aliphatic heterocycles. The number of hydrogen-bond donors (Lipinski definition) is 1. The number of rotatable bonds is 3. The molecule has 0 radical (unpaired) electrons. The summed E-state index contributed by atoms with van der Waals surface area (Å²) in [7, 11) is -3.91. The molecule has 1 fully saturated rings. The van der Waals surface area contributed by atoms with E-state index in [-0.39, 0.29) is 37.5 Å². The highest BCUT2D eigenvalue weighted by Crippen LogP contribution is 2.30. The monoisotopic (exact) mass is 388 g/mol. The minimum Gasteiger partial charge on any atom is -0.444 e. The molecular formula is C15H24N4O6S. The Morgan fingerprint density at radius 1 is 1.31 bits per heavy atom. The molecular weight excluding hydrogens is 364 g/mol. The van der Waals surface area contributed by atoms with E-state index in [0.717, 1.165) is 0 Å². The highest BCUT2D eigenvalue weighted by Gasteiger charge is 2.48. The first kappa shape index (κ1) is 20.3. The normalized spacial score (nSPS) is 24.9. The Labute approximate surface area is 152 Å². The maximum absolute atomic E-state index is 12.1. The van der Waals surface area contributed by atoms with Gasteiger partial charge in [0.05, 0.1) is 11.3 Å². The van der Waals surface area contributed by atoms with Crippen molar-refractivity contribution in [2.45, 2.75) is 38.5 Å². The molecule has 11 heteroatoms. The molecule has 1 unspecified atom stereocenters. The predicted octanol–water partition coefficient (Wildman–Crippen LogP) is 0.644. The minimum absolute atomic E-state index is 0.116. The van der Waals surface area contributed by atoms with Gasteiger partial charge in [0.2, 0.25) is 10.0 Å². The lowest BCUT2D eigenvalue weighted by Gasteiger charge is -2.41. The second kappa shape index (κ2) is 6.97. The van der Waals surface area contributed by atoms with Crippen molar-refractivity contribution in [3.05, 3.63) is 33.2 Å². The molecule has 146 valence electrons. The predicted molar refractivity (Wildman–Crippen MR) is 94.1 cm³/mol. The standard InChI is InChI=1S/C15H24N4O6S/c1-14(2,3)25-13(20)17-8-10-18(11-9-17)15(19(21)22)6-4-12(5-7-15)26(16,23)24/h4-6H,7-11H2,1-3H3,(H2,16,23,24). The summed E-state index contributed by atoms with van der Waals surface area (Å²) in [4.78, 5) is 26.4. The van der Waals surface area contributed by atoms with Crippen LogP contribution < -0.4 is 5.14 Å². The van der Waals surface area contributed by atoms with Gasteiger partial charge in [-0.3, -0.25) is 10.1 Å².